The highest BCUT2D eigenvalue weighted by atomic mass is 79.9. The number of carboxylic acid groups (broad SMARTS) is 1. The van der Waals surface area contributed by atoms with Crippen molar-refractivity contribution in [2.45, 2.75) is 18.6 Å². The molecule has 150 valence electrons. The molecule has 0 saturated carbocycles. The highest BCUT2D eigenvalue weighted by Crippen LogP contribution is 2.33. The average molecular weight is 473 g/mol. The number of nitrogens with one attached hydrogen (secondary N) is 1. The van der Waals surface area contributed by atoms with Crippen LogP contribution in [0.15, 0.2) is 26.8 Å². The zero-order chi connectivity index (χ0) is 20.7. The summed E-state index contributed by atoms with van der Waals surface area (Å²) in [4.78, 5) is 33.3. The number of carbonyl (C=O) groups excluding carboxylic acids is 2. The van der Waals surface area contributed by atoms with Crippen molar-refractivity contribution >= 4 is 56.9 Å². The summed E-state index contributed by atoms with van der Waals surface area (Å²) in [5, 5.41) is 18.6. The van der Waals surface area contributed by atoms with Crippen molar-refractivity contribution in [3.05, 3.63) is 22.2 Å². The van der Waals surface area contributed by atoms with Gasteiger partial charge in [0.2, 0.25) is 5.91 Å². The number of rotatable bonds is 9. The Morgan fingerprint density at radius 1 is 1.39 bits per heavy atom. The molecule has 0 radical (unpaired) electrons. The van der Waals surface area contributed by atoms with E-state index in [4.69, 9.17) is 20.3 Å². The van der Waals surface area contributed by atoms with Gasteiger partial charge in [-0.25, -0.2) is 0 Å². The molecular formula is C16H17BrN4O6S. The molecule has 0 spiro atoms. The van der Waals surface area contributed by atoms with E-state index in [-0.39, 0.29) is 18.2 Å². The number of amidine groups is 1. The lowest BCUT2D eigenvalue weighted by molar-refractivity contribution is -0.138. The first-order valence-electron chi connectivity index (χ1n) is 7.98. The molecule has 1 aliphatic rings. The highest BCUT2D eigenvalue weighted by Gasteiger charge is 2.32. The fourth-order valence-electron chi connectivity index (χ4n) is 2.07. The topological polar surface area (TPSA) is 153 Å². The first kappa shape index (κ1) is 21.7. The Morgan fingerprint density at radius 2 is 2.11 bits per heavy atom. The summed E-state index contributed by atoms with van der Waals surface area (Å²) in [7, 11) is 0. The number of amides is 2. The molecule has 1 aliphatic heterocycles. The molecule has 0 bridgehead atoms. The van der Waals surface area contributed by atoms with E-state index in [9.17, 15) is 14.4 Å². The summed E-state index contributed by atoms with van der Waals surface area (Å²) >= 11 is 4.37. The first-order chi connectivity index (χ1) is 13.3. The minimum Gasteiger partial charge on any atom is -0.490 e. The standard InChI is InChI=1S/C16H17BrN4O6S/c1-2-26-10-3-8(9(17)4-11(10)27-7-13(18)22)6-19-21-16-20-15(25)12(28-16)5-14(23)24/h3-4,6,12H,2,5,7H2,1H3,(H2,18,22)(H,23,24)(H,20,21,25). The van der Waals surface area contributed by atoms with Crippen LogP contribution in [0.25, 0.3) is 0 Å². The van der Waals surface area contributed by atoms with Crippen LogP contribution in [0.1, 0.15) is 18.9 Å². The molecule has 1 fully saturated rings. The second kappa shape index (κ2) is 10.1. The molecule has 4 N–H and O–H groups in total. The van der Waals surface area contributed by atoms with Crippen molar-refractivity contribution in [2.24, 2.45) is 15.9 Å². The molecule has 1 unspecified atom stereocenters. The highest BCUT2D eigenvalue weighted by molar-refractivity contribution is 9.10. The predicted octanol–water partition coefficient (Wildman–Crippen LogP) is 1.11. The van der Waals surface area contributed by atoms with Gasteiger partial charge in [0, 0.05) is 10.0 Å². The second-order valence-corrected chi connectivity index (χ2v) is 7.40. The number of carboxylic acids is 1. The Labute approximate surface area is 172 Å². The Balaban J connectivity index is 2.14. The van der Waals surface area contributed by atoms with Crippen LogP contribution in [0.2, 0.25) is 0 Å². The minimum atomic E-state index is -1.07. The third kappa shape index (κ3) is 6.23. The van der Waals surface area contributed by atoms with Gasteiger partial charge in [-0.05, 0) is 35.0 Å². The van der Waals surface area contributed by atoms with E-state index in [0.717, 1.165) is 11.8 Å². The maximum atomic E-state index is 11.7. The minimum absolute atomic E-state index is 0.218. The smallest absolute Gasteiger partial charge is 0.305 e. The summed E-state index contributed by atoms with van der Waals surface area (Å²) in [6, 6.07) is 3.25. The second-order valence-electron chi connectivity index (χ2n) is 5.35. The van der Waals surface area contributed by atoms with Crippen molar-refractivity contribution in [1.29, 1.82) is 0 Å². The van der Waals surface area contributed by atoms with Crippen LogP contribution in [0.5, 0.6) is 11.5 Å². The zero-order valence-corrected chi connectivity index (χ0v) is 17.1. The maximum absolute atomic E-state index is 11.7. The van der Waals surface area contributed by atoms with E-state index in [1.165, 1.54) is 6.21 Å². The van der Waals surface area contributed by atoms with Gasteiger partial charge < -0.3 is 25.6 Å². The molecular weight excluding hydrogens is 456 g/mol. The van der Waals surface area contributed by atoms with Crippen molar-refractivity contribution in [2.75, 3.05) is 13.2 Å². The largest absolute Gasteiger partial charge is 0.490 e. The van der Waals surface area contributed by atoms with E-state index in [2.05, 4.69) is 31.4 Å². The summed E-state index contributed by atoms with van der Waals surface area (Å²) in [5.41, 5.74) is 5.69. The van der Waals surface area contributed by atoms with Crippen molar-refractivity contribution in [3.8, 4) is 11.5 Å². The lowest BCUT2D eigenvalue weighted by Gasteiger charge is -2.12. The predicted molar refractivity (Wildman–Crippen MR) is 107 cm³/mol. The number of nitrogens with two attached hydrogens (primary N) is 1. The van der Waals surface area contributed by atoms with Gasteiger partial charge >= 0.3 is 5.97 Å². The van der Waals surface area contributed by atoms with Crippen LogP contribution in [-0.2, 0) is 14.4 Å². The third-order valence-electron chi connectivity index (χ3n) is 3.21. The number of carbonyl (C=O) groups is 3. The molecule has 12 heteroatoms. The van der Waals surface area contributed by atoms with Crippen LogP contribution in [0.4, 0.5) is 0 Å². The fourth-order valence-corrected chi connectivity index (χ4v) is 3.41. The molecule has 2 rings (SSSR count). The molecule has 1 saturated heterocycles. The Bertz CT molecular complexity index is 845. The van der Waals surface area contributed by atoms with Crippen LogP contribution in [-0.4, -0.2) is 52.7 Å². The summed E-state index contributed by atoms with van der Waals surface area (Å²) in [6.45, 7) is 1.89. The Hall–Kier alpha value is -2.60. The molecule has 1 heterocycles. The Kier molecular flexibility index (Phi) is 7.81. The Morgan fingerprint density at radius 3 is 2.75 bits per heavy atom. The van der Waals surface area contributed by atoms with Gasteiger partial charge in [-0.2, -0.15) is 5.10 Å². The van der Waals surface area contributed by atoms with Crippen LogP contribution in [0, 0.1) is 0 Å². The number of benzene rings is 1. The maximum Gasteiger partial charge on any atom is 0.305 e. The normalized spacial score (nSPS) is 17.7. The molecule has 1 atom stereocenters. The number of ether oxygens (including phenoxy) is 2. The summed E-state index contributed by atoms with van der Waals surface area (Å²) in [6.07, 6.45) is 1.13. The molecule has 0 aliphatic carbocycles. The van der Waals surface area contributed by atoms with Crippen molar-refractivity contribution in [3.63, 3.8) is 0 Å². The molecule has 1 aromatic carbocycles. The molecule has 28 heavy (non-hydrogen) atoms. The van der Waals surface area contributed by atoms with E-state index in [1.807, 2.05) is 0 Å². The van der Waals surface area contributed by atoms with Gasteiger partial charge in [-0.3, -0.25) is 14.4 Å². The quantitative estimate of drug-likeness (QED) is 0.359. The van der Waals surface area contributed by atoms with E-state index in [1.54, 1.807) is 19.1 Å². The lowest BCUT2D eigenvalue weighted by atomic mass is 10.2. The van der Waals surface area contributed by atoms with Crippen LogP contribution >= 0.6 is 27.7 Å². The number of halogens is 1. The van der Waals surface area contributed by atoms with Gasteiger partial charge in [-0.15, -0.1) is 5.10 Å². The molecule has 0 aromatic heterocycles. The van der Waals surface area contributed by atoms with Crippen molar-refractivity contribution < 1.29 is 29.0 Å². The van der Waals surface area contributed by atoms with Crippen molar-refractivity contribution in [1.82, 2.24) is 5.32 Å². The van der Waals surface area contributed by atoms with Gasteiger partial charge in [0.25, 0.3) is 5.91 Å². The number of hydrogen-bond acceptors (Lipinski definition) is 8. The third-order valence-corrected chi connectivity index (χ3v) is 4.97. The van der Waals surface area contributed by atoms with E-state index < -0.39 is 23.0 Å². The molecule has 1 aromatic rings. The number of primary amides is 1. The lowest BCUT2D eigenvalue weighted by Crippen LogP contribution is -2.26. The monoisotopic (exact) mass is 472 g/mol. The zero-order valence-electron chi connectivity index (χ0n) is 14.7. The number of hydrogen-bond donors (Lipinski definition) is 3. The van der Waals surface area contributed by atoms with Gasteiger partial charge in [0.15, 0.2) is 23.3 Å². The summed E-state index contributed by atoms with van der Waals surface area (Å²) < 4.78 is 11.4. The summed E-state index contributed by atoms with van der Waals surface area (Å²) in [5.74, 6) is -1.37. The van der Waals surface area contributed by atoms with Crippen LogP contribution in [0.3, 0.4) is 0 Å². The average Bonchev–Trinajstić information content (AvgIpc) is 2.95. The van der Waals surface area contributed by atoms with Gasteiger partial charge in [-0.1, -0.05) is 11.8 Å². The first-order valence-corrected chi connectivity index (χ1v) is 9.65. The molecule has 2 amide bonds. The van der Waals surface area contributed by atoms with E-state index >= 15 is 0 Å². The van der Waals surface area contributed by atoms with E-state index in [0.29, 0.717) is 28.1 Å². The molecule has 10 nitrogen and oxygen atoms in total. The number of nitrogens with zero attached hydrogens (tertiary/aromatic N) is 2. The van der Waals surface area contributed by atoms with Gasteiger partial charge in [0.1, 0.15) is 5.25 Å². The number of aliphatic carboxylic acids is 1. The fraction of sp³-hybridized carbons (Fsp3) is 0.312. The van der Waals surface area contributed by atoms with Crippen LogP contribution < -0.4 is 20.5 Å². The number of thioether (sulfide) groups is 1. The van der Waals surface area contributed by atoms with Gasteiger partial charge in [0.05, 0.1) is 19.2 Å². The SMILES string of the molecule is CCOc1cc(C=NN=C2NC(=O)C(CC(=O)O)S2)c(Br)cc1OCC(N)=O.